The average molecular weight is 261 g/mol. The Morgan fingerprint density at radius 3 is 2.95 bits per heavy atom. The molecule has 2 aromatic rings. The third-order valence-electron chi connectivity index (χ3n) is 4.01. The van der Waals surface area contributed by atoms with Crippen LogP contribution in [-0.4, -0.2) is 39.3 Å². The Morgan fingerprint density at radius 1 is 1.42 bits per heavy atom. The predicted molar refractivity (Wildman–Crippen MR) is 72.1 cm³/mol. The molecule has 3 rings (SSSR count). The maximum atomic E-state index is 5.18. The molecule has 0 bridgehead atoms. The van der Waals surface area contributed by atoms with E-state index in [1.807, 2.05) is 4.52 Å². The molecule has 2 aromatic heterocycles. The molecule has 2 atom stereocenters. The number of fused-ring (bicyclic) bond motifs is 1. The first-order chi connectivity index (χ1) is 9.20. The fourth-order valence-corrected chi connectivity index (χ4v) is 2.69. The molecule has 2 unspecified atom stereocenters. The first kappa shape index (κ1) is 12.3. The molecular weight excluding hydrogens is 242 g/mol. The molecule has 1 saturated heterocycles. The molecule has 1 fully saturated rings. The van der Waals surface area contributed by atoms with Crippen LogP contribution in [0.15, 0.2) is 12.4 Å². The number of ether oxygens (including phenoxy) is 1. The van der Waals surface area contributed by atoms with Crippen LogP contribution in [0.25, 0.3) is 5.78 Å². The monoisotopic (exact) mass is 261 g/mol. The van der Waals surface area contributed by atoms with E-state index in [1.165, 1.54) is 6.42 Å². The third-order valence-corrected chi connectivity index (χ3v) is 4.01. The van der Waals surface area contributed by atoms with Gasteiger partial charge < -0.3 is 9.64 Å². The summed E-state index contributed by atoms with van der Waals surface area (Å²) >= 11 is 0. The van der Waals surface area contributed by atoms with Crippen molar-refractivity contribution in [3.05, 3.63) is 18.1 Å². The molecule has 6 nitrogen and oxygen atoms in total. The van der Waals surface area contributed by atoms with Gasteiger partial charge in [-0.05, 0) is 19.3 Å². The molecule has 102 valence electrons. The summed E-state index contributed by atoms with van der Waals surface area (Å²) in [5, 5.41) is 4.28. The van der Waals surface area contributed by atoms with Crippen LogP contribution in [0.3, 0.4) is 0 Å². The Bertz CT molecular complexity index is 581. The zero-order chi connectivity index (χ0) is 13.4. The second kappa shape index (κ2) is 4.77. The number of methoxy groups -OCH3 is 1. The van der Waals surface area contributed by atoms with Crippen LogP contribution in [0.1, 0.15) is 26.0 Å². The van der Waals surface area contributed by atoms with Gasteiger partial charge in [0.1, 0.15) is 12.1 Å². The fraction of sp³-hybridized carbons (Fsp3) is 0.615. The molecule has 1 aliphatic rings. The van der Waals surface area contributed by atoms with Gasteiger partial charge in [-0.2, -0.15) is 14.6 Å². The smallest absolute Gasteiger partial charge is 0.254 e. The normalized spacial score (nSPS) is 23.4. The quantitative estimate of drug-likeness (QED) is 0.838. The summed E-state index contributed by atoms with van der Waals surface area (Å²) in [6.07, 6.45) is 2.76. The molecule has 0 aliphatic carbocycles. The van der Waals surface area contributed by atoms with Gasteiger partial charge in [0, 0.05) is 25.8 Å². The molecule has 0 aromatic carbocycles. The van der Waals surface area contributed by atoms with Crippen molar-refractivity contribution in [3.8, 4) is 0 Å². The Hall–Kier alpha value is -1.69. The molecule has 0 amide bonds. The van der Waals surface area contributed by atoms with Gasteiger partial charge in [0.15, 0.2) is 0 Å². The van der Waals surface area contributed by atoms with E-state index in [1.54, 1.807) is 13.4 Å². The van der Waals surface area contributed by atoms with Crippen molar-refractivity contribution in [1.82, 2.24) is 19.6 Å². The van der Waals surface area contributed by atoms with Crippen LogP contribution in [0.2, 0.25) is 0 Å². The summed E-state index contributed by atoms with van der Waals surface area (Å²) < 4.78 is 6.99. The fourth-order valence-electron chi connectivity index (χ4n) is 2.69. The number of anilines is 1. The van der Waals surface area contributed by atoms with E-state index in [-0.39, 0.29) is 0 Å². The number of hydrogen-bond donors (Lipinski definition) is 0. The van der Waals surface area contributed by atoms with Crippen molar-refractivity contribution in [2.75, 3.05) is 18.6 Å². The second-order valence-corrected chi connectivity index (χ2v) is 5.21. The van der Waals surface area contributed by atoms with Crippen molar-refractivity contribution in [2.24, 2.45) is 5.92 Å². The second-order valence-electron chi connectivity index (χ2n) is 5.21. The summed E-state index contributed by atoms with van der Waals surface area (Å²) in [7, 11) is 1.68. The minimum absolute atomic E-state index is 0.494. The van der Waals surface area contributed by atoms with Gasteiger partial charge in [-0.15, -0.1) is 0 Å². The first-order valence-electron chi connectivity index (χ1n) is 6.66. The zero-order valence-corrected chi connectivity index (χ0v) is 11.6. The van der Waals surface area contributed by atoms with Gasteiger partial charge >= 0.3 is 0 Å². The highest BCUT2D eigenvalue weighted by atomic mass is 16.5. The lowest BCUT2D eigenvalue weighted by molar-refractivity contribution is 0.181. The van der Waals surface area contributed by atoms with Gasteiger partial charge in [0.05, 0.1) is 12.3 Å². The summed E-state index contributed by atoms with van der Waals surface area (Å²) in [5.41, 5.74) is 0.893. The van der Waals surface area contributed by atoms with Crippen molar-refractivity contribution in [3.63, 3.8) is 0 Å². The summed E-state index contributed by atoms with van der Waals surface area (Å²) in [4.78, 5) is 11.0. The van der Waals surface area contributed by atoms with E-state index in [0.717, 1.165) is 18.1 Å². The third kappa shape index (κ3) is 2.06. The van der Waals surface area contributed by atoms with E-state index in [4.69, 9.17) is 4.74 Å². The Labute approximate surface area is 112 Å². The minimum atomic E-state index is 0.494. The topological polar surface area (TPSA) is 55.6 Å². The molecule has 0 saturated carbocycles. The Morgan fingerprint density at radius 2 is 2.26 bits per heavy atom. The molecule has 0 spiro atoms. The highest BCUT2D eigenvalue weighted by Gasteiger charge is 2.29. The number of hydrogen-bond acceptors (Lipinski definition) is 5. The van der Waals surface area contributed by atoms with Crippen LogP contribution >= 0.6 is 0 Å². The lowest BCUT2D eigenvalue weighted by Gasteiger charge is -2.25. The van der Waals surface area contributed by atoms with E-state index >= 15 is 0 Å². The van der Waals surface area contributed by atoms with Crippen LogP contribution in [0.4, 0.5) is 5.82 Å². The van der Waals surface area contributed by atoms with E-state index < -0.39 is 0 Å². The molecule has 6 heteroatoms. The lowest BCUT2D eigenvalue weighted by Crippen LogP contribution is -2.31. The Kier molecular flexibility index (Phi) is 3.10. The van der Waals surface area contributed by atoms with Crippen LogP contribution < -0.4 is 4.90 Å². The van der Waals surface area contributed by atoms with Crippen molar-refractivity contribution >= 4 is 11.6 Å². The zero-order valence-electron chi connectivity index (χ0n) is 11.6. The summed E-state index contributed by atoms with van der Waals surface area (Å²) in [6, 6.07) is 2.56. The van der Waals surface area contributed by atoms with Gasteiger partial charge in [0.25, 0.3) is 5.78 Å². The van der Waals surface area contributed by atoms with Crippen LogP contribution in [0.5, 0.6) is 0 Å². The Balaban J connectivity index is 2.08. The largest absolute Gasteiger partial charge is 0.378 e. The molecule has 19 heavy (non-hydrogen) atoms. The van der Waals surface area contributed by atoms with Crippen LogP contribution in [-0.2, 0) is 11.3 Å². The SMILES string of the molecule is COCc1cc(N2CCC(C)C2C)n2ncnc2n1. The van der Waals surface area contributed by atoms with Gasteiger partial charge in [-0.3, -0.25) is 0 Å². The highest BCUT2D eigenvalue weighted by Crippen LogP contribution is 2.29. The predicted octanol–water partition coefficient (Wildman–Crippen LogP) is 1.51. The molecule has 3 heterocycles. The maximum Gasteiger partial charge on any atom is 0.254 e. The molecule has 0 radical (unpaired) electrons. The molecule has 1 aliphatic heterocycles. The van der Waals surface area contributed by atoms with Gasteiger partial charge in [0.2, 0.25) is 0 Å². The number of nitrogens with zero attached hydrogens (tertiary/aromatic N) is 5. The number of rotatable bonds is 3. The van der Waals surface area contributed by atoms with Crippen LogP contribution in [0, 0.1) is 5.92 Å². The van der Waals surface area contributed by atoms with Crippen molar-refractivity contribution < 1.29 is 4.74 Å². The standard InChI is InChI=1S/C13H19N5O/c1-9-4-5-17(10(9)2)12-6-11(7-19-3)16-13-14-8-15-18(12)13/h6,8-10H,4-5,7H2,1-3H3. The molecule has 0 N–H and O–H groups in total. The van der Waals surface area contributed by atoms with Gasteiger partial charge in [-0.1, -0.05) is 6.92 Å². The van der Waals surface area contributed by atoms with Crippen molar-refractivity contribution in [2.45, 2.75) is 32.9 Å². The lowest BCUT2D eigenvalue weighted by atomic mass is 10.1. The average Bonchev–Trinajstić information content (AvgIpc) is 2.98. The van der Waals surface area contributed by atoms with E-state index in [0.29, 0.717) is 24.3 Å². The minimum Gasteiger partial charge on any atom is -0.378 e. The van der Waals surface area contributed by atoms with Gasteiger partial charge in [-0.25, -0.2) is 4.98 Å². The summed E-state index contributed by atoms with van der Waals surface area (Å²) in [5.74, 6) is 2.39. The first-order valence-corrected chi connectivity index (χ1v) is 6.66. The van der Waals surface area contributed by atoms with E-state index in [9.17, 15) is 0 Å². The summed E-state index contributed by atoms with van der Waals surface area (Å²) in [6.45, 7) is 6.10. The highest BCUT2D eigenvalue weighted by molar-refractivity contribution is 5.49. The van der Waals surface area contributed by atoms with E-state index in [2.05, 4.69) is 39.9 Å². The molecular formula is C13H19N5O. The number of aromatic nitrogens is 4. The maximum absolute atomic E-state index is 5.18. The van der Waals surface area contributed by atoms with Crippen molar-refractivity contribution in [1.29, 1.82) is 0 Å².